The van der Waals surface area contributed by atoms with Crippen LogP contribution in [0.4, 0.5) is 0 Å². The largest absolute Gasteiger partial charge is 0.496 e. The maximum absolute atomic E-state index is 10.7. The number of nitrogens with zero attached hydrogens (tertiary/aromatic N) is 3. The highest BCUT2D eigenvalue weighted by atomic mass is 32.2. The summed E-state index contributed by atoms with van der Waals surface area (Å²) in [6.07, 6.45) is 0. The highest BCUT2D eigenvalue weighted by Crippen LogP contribution is 2.33. The predicted molar refractivity (Wildman–Crippen MR) is 78.6 cm³/mol. The summed E-state index contributed by atoms with van der Waals surface area (Å²) >= 11 is 2.70. The second-order valence-electron chi connectivity index (χ2n) is 4.30. The molecule has 0 radical (unpaired) electrons. The zero-order valence-electron chi connectivity index (χ0n) is 11.4. The number of hydrogen-bond acceptors (Lipinski definition) is 6. The molecule has 6 nitrogen and oxygen atoms in total. The van der Waals surface area contributed by atoms with Gasteiger partial charge in [0.05, 0.1) is 17.7 Å². The third-order valence-electron chi connectivity index (χ3n) is 2.54. The van der Waals surface area contributed by atoms with Gasteiger partial charge in [-0.2, -0.15) is 0 Å². The van der Waals surface area contributed by atoms with E-state index in [2.05, 4.69) is 10.2 Å². The zero-order chi connectivity index (χ0) is 14.7. The minimum atomic E-state index is -0.868. The van der Waals surface area contributed by atoms with Crippen molar-refractivity contribution in [3.05, 3.63) is 11.4 Å². The summed E-state index contributed by atoms with van der Waals surface area (Å²) in [5.74, 6) is 0.621. The van der Waals surface area contributed by atoms with Crippen molar-refractivity contribution in [3.63, 3.8) is 0 Å². The predicted octanol–water partition coefficient (Wildman–Crippen LogP) is 2.77. The van der Waals surface area contributed by atoms with Crippen LogP contribution in [0.5, 0.6) is 5.75 Å². The van der Waals surface area contributed by atoms with E-state index in [1.54, 1.807) is 7.11 Å². The average molecular weight is 313 g/mol. The summed E-state index contributed by atoms with van der Waals surface area (Å²) in [6, 6.07) is 2.04. The first-order valence-corrected chi connectivity index (χ1v) is 7.81. The van der Waals surface area contributed by atoms with Gasteiger partial charge < -0.3 is 9.84 Å². The Morgan fingerprint density at radius 3 is 2.85 bits per heavy atom. The molecule has 0 fully saturated rings. The van der Waals surface area contributed by atoms with Crippen LogP contribution in [0.2, 0.25) is 0 Å². The Labute approximate surface area is 124 Å². The van der Waals surface area contributed by atoms with E-state index in [1.807, 2.05) is 29.9 Å². The van der Waals surface area contributed by atoms with Gasteiger partial charge in [-0.1, -0.05) is 11.8 Å². The smallest absolute Gasteiger partial charge is 0.313 e. The highest BCUT2D eigenvalue weighted by molar-refractivity contribution is 7.99. The molecule has 0 spiro atoms. The van der Waals surface area contributed by atoms with Crippen LogP contribution in [0.3, 0.4) is 0 Å². The van der Waals surface area contributed by atoms with Gasteiger partial charge >= 0.3 is 5.97 Å². The van der Waals surface area contributed by atoms with Crippen molar-refractivity contribution in [1.29, 1.82) is 0 Å². The number of thioether (sulfide) groups is 1. The molecule has 20 heavy (non-hydrogen) atoms. The first-order valence-electron chi connectivity index (χ1n) is 5.95. The molecule has 108 valence electrons. The monoisotopic (exact) mass is 313 g/mol. The molecule has 0 saturated heterocycles. The number of rotatable bonds is 6. The van der Waals surface area contributed by atoms with Crippen LogP contribution in [-0.2, 0) is 4.79 Å². The normalized spacial score (nSPS) is 11.0. The summed E-state index contributed by atoms with van der Waals surface area (Å²) in [6.45, 7) is 4.03. The Hall–Kier alpha value is -1.54. The number of thiophene rings is 1. The first kappa shape index (κ1) is 14.9. The van der Waals surface area contributed by atoms with E-state index >= 15 is 0 Å². The lowest BCUT2D eigenvalue weighted by molar-refractivity contribution is -0.133. The van der Waals surface area contributed by atoms with Gasteiger partial charge in [-0.15, -0.1) is 21.5 Å². The number of carbonyl (C=O) groups is 1. The lowest BCUT2D eigenvalue weighted by Crippen LogP contribution is -2.06. The van der Waals surface area contributed by atoms with Crippen LogP contribution in [-0.4, -0.2) is 38.7 Å². The number of hydrogen-bond donors (Lipinski definition) is 1. The third-order valence-corrected chi connectivity index (χ3v) is 4.37. The topological polar surface area (TPSA) is 77.2 Å². The van der Waals surface area contributed by atoms with Gasteiger partial charge in [-0.25, -0.2) is 0 Å². The molecule has 0 saturated carbocycles. The Bertz CT molecular complexity index is 607. The fourth-order valence-corrected chi connectivity index (χ4v) is 3.30. The van der Waals surface area contributed by atoms with Crippen molar-refractivity contribution in [2.24, 2.45) is 0 Å². The van der Waals surface area contributed by atoms with Crippen molar-refractivity contribution in [3.8, 4) is 16.5 Å². The van der Waals surface area contributed by atoms with Crippen LogP contribution in [0.15, 0.2) is 16.6 Å². The van der Waals surface area contributed by atoms with Crippen molar-refractivity contribution < 1.29 is 14.6 Å². The van der Waals surface area contributed by atoms with Gasteiger partial charge in [0.2, 0.25) is 0 Å². The Morgan fingerprint density at radius 1 is 1.55 bits per heavy atom. The Balaban J connectivity index is 2.35. The maximum Gasteiger partial charge on any atom is 0.313 e. The Kier molecular flexibility index (Phi) is 4.66. The highest BCUT2D eigenvalue weighted by Gasteiger charge is 2.19. The molecule has 0 amide bonds. The lowest BCUT2D eigenvalue weighted by Gasteiger charge is -2.12. The van der Waals surface area contributed by atoms with E-state index < -0.39 is 5.97 Å². The van der Waals surface area contributed by atoms with Gasteiger partial charge in [0, 0.05) is 17.5 Å². The molecular formula is C12H15N3O3S2. The van der Waals surface area contributed by atoms with Gasteiger partial charge in [-0.05, 0) is 13.8 Å². The quantitative estimate of drug-likeness (QED) is 0.826. The summed E-state index contributed by atoms with van der Waals surface area (Å²) in [4.78, 5) is 11.6. The molecular weight excluding hydrogens is 298 g/mol. The number of aliphatic carboxylic acids is 1. The zero-order valence-corrected chi connectivity index (χ0v) is 13.0. The number of ether oxygens (including phenoxy) is 1. The molecule has 2 aromatic rings. The molecule has 0 aliphatic heterocycles. The van der Waals surface area contributed by atoms with E-state index in [1.165, 1.54) is 23.1 Å². The van der Waals surface area contributed by atoms with Crippen LogP contribution >= 0.6 is 23.1 Å². The lowest BCUT2D eigenvalue weighted by atomic mass is 10.3. The van der Waals surface area contributed by atoms with Crippen molar-refractivity contribution >= 4 is 29.1 Å². The van der Waals surface area contributed by atoms with Gasteiger partial charge in [0.15, 0.2) is 11.0 Å². The second-order valence-corrected chi connectivity index (χ2v) is 6.16. The van der Waals surface area contributed by atoms with E-state index in [0.717, 1.165) is 16.5 Å². The molecule has 2 heterocycles. The number of carboxylic acid groups (broad SMARTS) is 1. The van der Waals surface area contributed by atoms with Crippen molar-refractivity contribution in [1.82, 2.24) is 14.8 Å². The minimum absolute atomic E-state index is 0.0292. The standard InChI is InChI=1S/C12H15N3O3S2/c1-7(2)15-11(9-4-8(18-3)5-19-9)13-14-12(15)20-6-10(16)17/h4-5,7H,6H2,1-3H3,(H,16,17). The molecule has 8 heteroatoms. The molecule has 2 aromatic heterocycles. The summed E-state index contributed by atoms with van der Waals surface area (Å²) in [5.41, 5.74) is 0. The number of carboxylic acids is 1. The molecule has 2 rings (SSSR count). The van der Waals surface area contributed by atoms with Gasteiger partial charge in [0.1, 0.15) is 5.75 Å². The molecule has 0 aliphatic rings. The Morgan fingerprint density at radius 2 is 2.30 bits per heavy atom. The number of aromatic nitrogens is 3. The van der Waals surface area contributed by atoms with Crippen molar-refractivity contribution in [2.45, 2.75) is 25.0 Å². The number of methoxy groups -OCH3 is 1. The third kappa shape index (κ3) is 3.13. The van der Waals surface area contributed by atoms with Gasteiger partial charge in [0.25, 0.3) is 0 Å². The van der Waals surface area contributed by atoms with E-state index in [4.69, 9.17) is 9.84 Å². The minimum Gasteiger partial charge on any atom is -0.496 e. The van der Waals surface area contributed by atoms with E-state index in [0.29, 0.717) is 5.16 Å². The SMILES string of the molecule is COc1csc(-c2nnc(SCC(=O)O)n2C(C)C)c1. The van der Waals surface area contributed by atoms with E-state index in [9.17, 15) is 4.79 Å². The second kappa shape index (κ2) is 6.27. The summed E-state index contributed by atoms with van der Waals surface area (Å²) < 4.78 is 7.12. The fourth-order valence-electron chi connectivity index (χ4n) is 1.68. The average Bonchev–Trinajstić information content (AvgIpc) is 3.02. The van der Waals surface area contributed by atoms with Crippen LogP contribution in [0, 0.1) is 0 Å². The van der Waals surface area contributed by atoms with Crippen LogP contribution in [0.25, 0.3) is 10.7 Å². The van der Waals surface area contributed by atoms with E-state index in [-0.39, 0.29) is 11.8 Å². The molecule has 1 N–H and O–H groups in total. The summed E-state index contributed by atoms with van der Waals surface area (Å²) in [5, 5.41) is 19.6. The van der Waals surface area contributed by atoms with Crippen LogP contribution < -0.4 is 4.74 Å². The maximum atomic E-state index is 10.7. The summed E-state index contributed by atoms with van der Waals surface area (Å²) in [7, 11) is 1.62. The molecule has 0 atom stereocenters. The van der Waals surface area contributed by atoms with Crippen molar-refractivity contribution in [2.75, 3.05) is 12.9 Å². The fraction of sp³-hybridized carbons (Fsp3) is 0.417. The molecule has 0 bridgehead atoms. The van der Waals surface area contributed by atoms with Crippen LogP contribution in [0.1, 0.15) is 19.9 Å². The van der Waals surface area contributed by atoms with Gasteiger partial charge in [-0.3, -0.25) is 9.36 Å². The molecule has 0 aromatic carbocycles. The molecule has 0 aliphatic carbocycles. The molecule has 0 unspecified atom stereocenters. The first-order chi connectivity index (χ1) is 9.52.